The summed E-state index contributed by atoms with van der Waals surface area (Å²) in [6.07, 6.45) is 4.33. The maximum atomic E-state index is 13.3. The van der Waals surface area contributed by atoms with E-state index in [-0.39, 0.29) is 24.8 Å². The molecule has 36 heavy (non-hydrogen) atoms. The quantitative estimate of drug-likeness (QED) is 0.500. The predicted octanol–water partition coefficient (Wildman–Crippen LogP) is 1.86. The highest BCUT2D eigenvalue weighted by Gasteiger charge is 2.42. The number of benzene rings is 1. The summed E-state index contributed by atoms with van der Waals surface area (Å²) in [6.45, 7) is 6.92. The number of aromatic nitrogens is 3. The summed E-state index contributed by atoms with van der Waals surface area (Å²) in [4.78, 5) is 36.2. The minimum atomic E-state index is -0.923. The second-order valence-electron chi connectivity index (χ2n) is 9.67. The van der Waals surface area contributed by atoms with E-state index in [4.69, 9.17) is 21.1 Å². The van der Waals surface area contributed by atoms with Gasteiger partial charge in [0.05, 0.1) is 19.6 Å². The Labute approximate surface area is 217 Å². The largest absolute Gasteiger partial charge is 0.490 e. The van der Waals surface area contributed by atoms with E-state index in [9.17, 15) is 9.59 Å². The first kappa shape index (κ1) is 26.4. The zero-order valence-corrected chi connectivity index (χ0v) is 21.8. The lowest BCUT2D eigenvalue weighted by molar-refractivity contribution is -0.166. The first-order valence-corrected chi connectivity index (χ1v) is 12.8. The molecule has 2 saturated heterocycles. The van der Waals surface area contributed by atoms with Gasteiger partial charge in [-0.25, -0.2) is 4.98 Å². The fourth-order valence-electron chi connectivity index (χ4n) is 4.57. The summed E-state index contributed by atoms with van der Waals surface area (Å²) < 4.78 is 14.1. The lowest BCUT2D eigenvalue weighted by atomic mass is 9.96. The molecule has 0 N–H and O–H groups in total. The van der Waals surface area contributed by atoms with Crippen LogP contribution in [0.1, 0.15) is 24.8 Å². The average molecular weight is 519 g/mol. The molecule has 0 aliphatic carbocycles. The monoisotopic (exact) mass is 518 g/mol. The summed E-state index contributed by atoms with van der Waals surface area (Å²) in [5.74, 6) is 0.722. The number of halogens is 1. The van der Waals surface area contributed by atoms with Crippen LogP contribution in [-0.4, -0.2) is 106 Å². The van der Waals surface area contributed by atoms with Crippen LogP contribution in [0.15, 0.2) is 30.9 Å². The van der Waals surface area contributed by atoms with Crippen LogP contribution in [-0.2, 0) is 20.9 Å². The molecular formula is C25H35ClN6O4. The number of hydrogen-bond donors (Lipinski definition) is 0. The maximum absolute atomic E-state index is 13.3. The Morgan fingerprint density at radius 3 is 2.67 bits per heavy atom. The van der Waals surface area contributed by atoms with Crippen molar-refractivity contribution in [3.05, 3.63) is 41.4 Å². The molecule has 2 aromatic rings. The van der Waals surface area contributed by atoms with Gasteiger partial charge < -0.3 is 24.2 Å². The number of carbonyl (C=O) groups is 2. The normalized spacial score (nSPS) is 21.0. The van der Waals surface area contributed by atoms with Gasteiger partial charge in [-0.15, -0.1) is 0 Å². The van der Waals surface area contributed by atoms with Crippen LogP contribution in [0, 0.1) is 6.92 Å². The van der Waals surface area contributed by atoms with Gasteiger partial charge in [-0.1, -0.05) is 11.6 Å². The van der Waals surface area contributed by atoms with Crippen LogP contribution in [0.4, 0.5) is 0 Å². The second-order valence-corrected chi connectivity index (χ2v) is 10.1. The van der Waals surface area contributed by atoms with Gasteiger partial charge in [0.2, 0.25) is 11.8 Å². The van der Waals surface area contributed by atoms with E-state index >= 15 is 0 Å². The summed E-state index contributed by atoms with van der Waals surface area (Å²) >= 11 is 6.16. The van der Waals surface area contributed by atoms with Crippen LogP contribution in [0.5, 0.6) is 5.75 Å². The first-order chi connectivity index (χ1) is 17.3. The Balaban J connectivity index is 1.43. The third kappa shape index (κ3) is 6.96. The van der Waals surface area contributed by atoms with Gasteiger partial charge in [-0.05, 0) is 44.2 Å². The minimum Gasteiger partial charge on any atom is -0.490 e. The lowest BCUT2D eigenvalue weighted by Gasteiger charge is -2.43. The summed E-state index contributed by atoms with van der Waals surface area (Å²) in [7, 11) is 2.06. The molecule has 1 aromatic carbocycles. The van der Waals surface area contributed by atoms with Crippen molar-refractivity contribution < 1.29 is 19.1 Å². The number of likely N-dealkylation sites (N-methyl/N-ethyl adjacent to an activating group) is 1. The molecule has 196 valence electrons. The van der Waals surface area contributed by atoms with Crippen molar-refractivity contribution in [1.82, 2.24) is 29.5 Å². The molecule has 0 bridgehead atoms. The molecule has 0 unspecified atom stereocenters. The van der Waals surface area contributed by atoms with Crippen molar-refractivity contribution >= 4 is 23.4 Å². The van der Waals surface area contributed by atoms with Gasteiger partial charge in [0.25, 0.3) is 0 Å². The number of nitrogens with zero attached hydrogens (tertiary/aromatic N) is 6. The lowest BCUT2D eigenvalue weighted by Crippen LogP contribution is -2.59. The molecule has 2 amide bonds. The molecular weight excluding hydrogens is 484 g/mol. The van der Waals surface area contributed by atoms with Crippen molar-refractivity contribution in [2.75, 3.05) is 59.5 Å². The molecule has 2 aliphatic rings. The third-order valence-corrected chi connectivity index (χ3v) is 7.23. The van der Waals surface area contributed by atoms with E-state index in [2.05, 4.69) is 22.0 Å². The molecule has 2 aliphatic heterocycles. The fraction of sp³-hybridized carbons (Fsp3) is 0.600. The molecule has 3 heterocycles. The number of aryl methyl sites for hydroxylation is 2. The third-order valence-electron chi connectivity index (χ3n) is 6.81. The van der Waals surface area contributed by atoms with E-state index in [1.54, 1.807) is 28.0 Å². The predicted molar refractivity (Wildman–Crippen MR) is 135 cm³/mol. The zero-order chi connectivity index (χ0) is 25.5. The molecule has 11 heteroatoms. The van der Waals surface area contributed by atoms with Gasteiger partial charge in [0, 0.05) is 50.7 Å². The number of amides is 2. The van der Waals surface area contributed by atoms with Gasteiger partial charge in [-0.3, -0.25) is 14.3 Å². The molecule has 1 aromatic heterocycles. The highest BCUT2D eigenvalue weighted by atomic mass is 35.5. The van der Waals surface area contributed by atoms with Crippen molar-refractivity contribution in [2.45, 2.75) is 38.3 Å². The zero-order valence-electron chi connectivity index (χ0n) is 21.1. The Morgan fingerprint density at radius 2 is 1.94 bits per heavy atom. The van der Waals surface area contributed by atoms with Gasteiger partial charge in [-0.2, -0.15) is 5.10 Å². The highest BCUT2D eigenvalue weighted by Crippen LogP contribution is 2.28. The van der Waals surface area contributed by atoms with Crippen LogP contribution < -0.4 is 4.74 Å². The van der Waals surface area contributed by atoms with E-state index < -0.39 is 5.60 Å². The number of carbonyl (C=O) groups excluding carboxylic acids is 2. The summed E-state index contributed by atoms with van der Waals surface area (Å²) in [6, 6.07) is 5.47. The average Bonchev–Trinajstić information content (AvgIpc) is 3.39. The number of rotatable bonds is 9. The van der Waals surface area contributed by atoms with E-state index in [1.807, 2.05) is 17.9 Å². The Hall–Kier alpha value is -2.69. The summed E-state index contributed by atoms with van der Waals surface area (Å²) in [5, 5.41) is 4.75. The van der Waals surface area contributed by atoms with Crippen molar-refractivity contribution in [3.63, 3.8) is 0 Å². The number of morpholine rings is 1. The molecule has 4 rings (SSSR count). The fourth-order valence-corrected chi connectivity index (χ4v) is 4.68. The molecule has 0 radical (unpaired) electrons. The van der Waals surface area contributed by atoms with E-state index in [1.165, 1.54) is 6.33 Å². The van der Waals surface area contributed by atoms with Crippen LogP contribution in [0.3, 0.4) is 0 Å². The molecule has 0 saturated carbocycles. The molecule has 1 atom stereocenters. The van der Waals surface area contributed by atoms with Gasteiger partial charge in [0.1, 0.15) is 30.6 Å². The topological polar surface area (TPSA) is 93.0 Å². The number of hydrogen-bond acceptors (Lipinski definition) is 7. The molecule has 2 fully saturated rings. The van der Waals surface area contributed by atoms with Crippen LogP contribution in [0.25, 0.3) is 0 Å². The van der Waals surface area contributed by atoms with Crippen molar-refractivity contribution in [1.29, 1.82) is 0 Å². The minimum absolute atomic E-state index is 0.0273. The van der Waals surface area contributed by atoms with Gasteiger partial charge in [0.15, 0.2) is 0 Å². The van der Waals surface area contributed by atoms with Crippen molar-refractivity contribution in [3.8, 4) is 5.75 Å². The van der Waals surface area contributed by atoms with Crippen LogP contribution >= 0.6 is 11.6 Å². The standard InChI is InChI=1S/C25H35ClN6O4/c1-20-14-21(5-6-22(20)26)35-17-25(15-24(34)30-10-8-29(2)9-11-30)16-31(12-13-36-25)23(33)4-3-7-32-19-27-18-28-32/h5-6,14,18-19H,3-4,7-13,15-17H2,1-2H3/t25-/m0/s1. The van der Waals surface area contributed by atoms with E-state index in [0.717, 1.165) is 18.7 Å². The second kappa shape index (κ2) is 12.0. The van der Waals surface area contributed by atoms with Crippen LogP contribution in [0.2, 0.25) is 5.02 Å². The first-order valence-electron chi connectivity index (χ1n) is 12.4. The molecule has 10 nitrogen and oxygen atoms in total. The number of ether oxygens (including phenoxy) is 2. The Morgan fingerprint density at radius 1 is 1.14 bits per heavy atom. The Kier molecular flexibility index (Phi) is 8.81. The maximum Gasteiger partial charge on any atom is 0.225 e. The SMILES string of the molecule is Cc1cc(OC[C@]2(CC(=O)N3CCN(C)CC3)CN(C(=O)CCCn3cncn3)CCO2)ccc1Cl. The van der Waals surface area contributed by atoms with E-state index in [0.29, 0.717) is 62.9 Å². The highest BCUT2D eigenvalue weighted by molar-refractivity contribution is 6.31. The molecule has 0 spiro atoms. The number of piperazine rings is 1. The Bertz CT molecular complexity index is 1030. The van der Waals surface area contributed by atoms with Gasteiger partial charge >= 0.3 is 0 Å². The van der Waals surface area contributed by atoms with Crippen molar-refractivity contribution in [2.24, 2.45) is 0 Å². The summed E-state index contributed by atoms with van der Waals surface area (Å²) in [5.41, 5.74) is -0.0150. The smallest absolute Gasteiger partial charge is 0.225 e.